The fraction of sp³-hybridized carbons (Fsp3) is 0.571. The van der Waals surface area contributed by atoms with E-state index in [0.717, 1.165) is 12.8 Å². The molecule has 1 aliphatic carbocycles. The zero-order valence-corrected chi connectivity index (χ0v) is 5.54. The molecule has 0 saturated heterocycles. The molecule has 0 heterocycles. The number of primary amides is 1. The average molecular weight is 139 g/mol. The van der Waals surface area contributed by atoms with Crippen molar-refractivity contribution in [2.75, 3.05) is 0 Å². The maximum atomic E-state index is 10.1. The van der Waals surface area contributed by atoms with E-state index in [1.54, 1.807) is 0 Å². The first-order chi connectivity index (χ1) is 4.72. The molecule has 0 aromatic heterocycles. The van der Waals surface area contributed by atoms with Gasteiger partial charge < -0.3 is 10.5 Å². The SMILES string of the molecule is C#C[C@H]1C[C@H](OC(N)=O)C1. The minimum atomic E-state index is -0.708. The quantitative estimate of drug-likeness (QED) is 0.537. The highest BCUT2D eigenvalue weighted by molar-refractivity contribution is 5.64. The van der Waals surface area contributed by atoms with Crippen molar-refractivity contribution in [3.05, 3.63) is 0 Å². The van der Waals surface area contributed by atoms with Crippen LogP contribution in [0.2, 0.25) is 0 Å². The zero-order valence-electron chi connectivity index (χ0n) is 5.54. The predicted molar refractivity (Wildman–Crippen MR) is 36.0 cm³/mol. The highest BCUT2D eigenvalue weighted by Crippen LogP contribution is 2.28. The number of hydrogen-bond donors (Lipinski definition) is 1. The maximum Gasteiger partial charge on any atom is 0.404 e. The van der Waals surface area contributed by atoms with Crippen molar-refractivity contribution < 1.29 is 9.53 Å². The Bertz CT molecular complexity index is 177. The summed E-state index contributed by atoms with van der Waals surface area (Å²) in [5, 5.41) is 0. The molecule has 2 N–H and O–H groups in total. The van der Waals surface area contributed by atoms with Gasteiger partial charge >= 0.3 is 6.09 Å². The van der Waals surface area contributed by atoms with Gasteiger partial charge in [-0.15, -0.1) is 12.3 Å². The third-order valence-corrected chi connectivity index (χ3v) is 1.61. The molecule has 3 nitrogen and oxygen atoms in total. The number of rotatable bonds is 1. The van der Waals surface area contributed by atoms with E-state index in [4.69, 9.17) is 12.2 Å². The highest BCUT2D eigenvalue weighted by atomic mass is 16.6. The van der Waals surface area contributed by atoms with E-state index in [2.05, 4.69) is 10.7 Å². The van der Waals surface area contributed by atoms with Gasteiger partial charge in [-0.2, -0.15) is 0 Å². The monoisotopic (exact) mass is 139 g/mol. The summed E-state index contributed by atoms with van der Waals surface area (Å²) in [6.07, 6.45) is 5.89. The summed E-state index contributed by atoms with van der Waals surface area (Å²) in [6, 6.07) is 0. The molecule has 0 spiro atoms. The van der Waals surface area contributed by atoms with Crippen molar-refractivity contribution in [1.29, 1.82) is 0 Å². The normalized spacial score (nSPS) is 29.9. The number of amides is 1. The molecule has 0 atom stereocenters. The summed E-state index contributed by atoms with van der Waals surface area (Å²) in [5.74, 6) is 2.85. The average Bonchev–Trinajstić information content (AvgIpc) is 1.76. The van der Waals surface area contributed by atoms with Crippen molar-refractivity contribution in [2.45, 2.75) is 18.9 Å². The lowest BCUT2D eigenvalue weighted by molar-refractivity contribution is 0.0396. The molecule has 0 aliphatic heterocycles. The molecule has 54 valence electrons. The smallest absolute Gasteiger partial charge is 0.404 e. The molecular formula is C7H9NO2. The van der Waals surface area contributed by atoms with E-state index in [1.165, 1.54) is 0 Å². The highest BCUT2D eigenvalue weighted by Gasteiger charge is 2.29. The first kappa shape index (κ1) is 6.94. The van der Waals surface area contributed by atoms with Crippen molar-refractivity contribution in [2.24, 2.45) is 11.7 Å². The Morgan fingerprint density at radius 2 is 2.30 bits per heavy atom. The Morgan fingerprint density at radius 3 is 2.70 bits per heavy atom. The fourth-order valence-electron chi connectivity index (χ4n) is 0.962. The van der Waals surface area contributed by atoms with E-state index in [1.807, 2.05) is 0 Å². The topological polar surface area (TPSA) is 52.3 Å². The molecule has 0 unspecified atom stereocenters. The molecule has 1 amide bonds. The molecule has 0 bridgehead atoms. The molecule has 0 radical (unpaired) electrons. The summed E-state index contributed by atoms with van der Waals surface area (Å²) in [4.78, 5) is 10.1. The van der Waals surface area contributed by atoms with Gasteiger partial charge in [-0.05, 0) is 12.8 Å². The Balaban J connectivity index is 2.16. The van der Waals surface area contributed by atoms with Crippen LogP contribution in [0.1, 0.15) is 12.8 Å². The van der Waals surface area contributed by atoms with Gasteiger partial charge in [0, 0.05) is 5.92 Å². The zero-order chi connectivity index (χ0) is 7.56. The molecule has 1 aliphatic rings. The van der Waals surface area contributed by atoms with Crippen LogP contribution in [-0.4, -0.2) is 12.2 Å². The van der Waals surface area contributed by atoms with E-state index < -0.39 is 6.09 Å². The van der Waals surface area contributed by atoms with E-state index >= 15 is 0 Å². The largest absolute Gasteiger partial charge is 0.446 e. The third-order valence-electron chi connectivity index (χ3n) is 1.61. The first-order valence-corrected chi connectivity index (χ1v) is 3.14. The summed E-state index contributed by atoms with van der Waals surface area (Å²) < 4.78 is 4.66. The van der Waals surface area contributed by atoms with E-state index in [9.17, 15) is 4.79 Å². The van der Waals surface area contributed by atoms with Crippen molar-refractivity contribution >= 4 is 6.09 Å². The number of carbonyl (C=O) groups is 1. The molecule has 1 saturated carbocycles. The van der Waals surface area contributed by atoms with Gasteiger partial charge in [0.25, 0.3) is 0 Å². The van der Waals surface area contributed by atoms with Crippen LogP contribution >= 0.6 is 0 Å². The van der Waals surface area contributed by atoms with Gasteiger partial charge in [0.2, 0.25) is 0 Å². The summed E-state index contributed by atoms with van der Waals surface area (Å²) in [5.41, 5.74) is 4.78. The molecule has 0 aromatic carbocycles. The number of ether oxygens (including phenoxy) is 1. The maximum absolute atomic E-state index is 10.1. The van der Waals surface area contributed by atoms with Gasteiger partial charge in [-0.3, -0.25) is 0 Å². The second-order valence-electron chi connectivity index (χ2n) is 2.39. The van der Waals surface area contributed by atoms with Gasteiger partial charge in [0.05, 0.1) is 0 Å². The molecule has 0 aromatic rings. The molecule has 1 rings (SSSR count). The minimum Gasteiger partial charge on any atom is -0.446 e. The lowest BCUT2D eigenvalue weighted by Crippen LogP contribution is -2.34. The van der Waals surface area contributed by atoms with Crippen LogP contribution in [0.15, 0.2) is 0 Å². The van der Waals surface area contributed by atoms with Crippen molar-refractivity contribution in [1.82, 2.24) is 0 Å². The van der Waals surface area contributed by atoms with Crippen molar-refractivity contribution in [3.63, 3.8) is 0 Å². The van der Waals surface area contributed by atoms with Gasteiger partial charge in [0.1, 0.15) is 6.10 Å². The number of terminal acetylenes is 1. The van der Waals surface area contributed by atoms with Crippen LogP contribution in [0, 0.1) is 18.3 Å². The molecule has 3 heteroatoms. The number of hydrogen-bond acceptors (Lipinski definition) is 2. The summed E-state index contributed by atoms with van der Waals surface area (Å²) in [7, 11) is 0. The van der Waals surface area contributed by atoms with Crippen molar-refractivity contribution in [3.8, 4) is 12.3 Å². The van der Waals surface area contributed by atoms with Crippen LogP contribution < -0.4 is 5.73 Å². The Kier molecular flexibility index (Phi) is 1.81. The predicted octanol–water partition coefficient (Wildman–Crippen LogP) is 0.494. The van der Waals surface area contributed by atoms with Gasteiger partial charge in [-0.25, -0.2) is 4.79 Å². The fourth-order valence-corrected chi connectivity index (χ4v) is 0.962. The van der Waals surface area contributed by atoms with Crippen LogP contribution in [0.3, 0.4) is 0 Å². The minimum absolute atomic E-state index is 0.0291. The Hall–Kier alpha value is -1.17. The Morgan fingerprint density at radius 1 is 1.70 bits per heavy atom. The summed E-state index contributed by atoms with van der Waals surface area (Å²) in [6.45, 7) is 0. The molecule has 10 heavy (non-hydrogen) atoms. The lowest BCUT2D eigenvalue weighted by atomic mass is 9.83. The number of nitrogens with two attached hydrogens (primary N) is 1. The number of carbonyl (C=O) groups excluding carboxylic acids is 1. The van der Waals surface area contributed by atoms with Crippen LogP contribution in [-0.2, 0) is 4.74 Å². The van der Waals surface area contributed by atoms with Crippen LogP contribution in [0.5, 0.6) is 0 Å². The summed E-state index contributed by atoms with van der Waals surface area (Å²) >= 11 is 0. The van der Waals surface area contributed by atoms with E-state index in [0.29, 0.717) is 0 Å². The Labute approximate surface area is 59.5 Å². The van der Waals surface area contributed by atoms with Gasteiger partial charge in [0.15, 0.2) is 0 Å². The van der Waals surface area contributed by atoms with Crippen LogP contribution in [0.4, 0.5) is 4.79 Å². The lowest BCUT2D eigenvalue weighted by Gasteiger charge is -2.30. The standard InChI is InChI=1S/C7H9NO2/c1-2-5-3-6(4-5)10-7(8)9/h1,5-6H,3-4H2,(H2,8,9)/t5-,6-. The van der Waals surface area contributed by atoms with Crippen LogP contribution in [0.25, 0.3) is 0 Å². The van der Waals surface area contributed by atoms with E-state index in [-0.39, 0.29) is 12.0 Å². The second kappa shape index (κ2) is 2.61. The molecular weight excluding hydrogens is 130 g/mol. The second-order valence-corrected chi connectivity index (χ2v) is 2.39. The first-order valence-electron chi connectivity index (χ1n) is 3.14. The van der Waals surface area contributed by atoms with Gasteiger partial charge in [-0.1, -0.05) is 0 Å². The third kappa shape index (κ3) is 1.41. The molecule has 1 fully saturated rings.